The fourth-order valence-electron chi connectivity index (χ4n) is 3.35. The van der Waals surface area contributed by atoms with E-state index in [1.54, 1.807) is 16.3 Å². The second-order valence-corrected chi connectivity index (χ2v) is 9.86. The van der Waals surface area contributed by atoms with E-state index in [4.69, 9.17) is 0 Å². The normalized spacial score (nSPS) is 16.1. The number of hydrogen-bond acceptors (Lipinski definition) is 5. The number of benzene rings is 1. The van der Waals surface area contributed by atoms with Crippen LogP contribution in [0, 0.1) is 0 Å². The Hall–Kier alpha value is -1.74. The first-order valence-corrected chi connectivity index (χ1v) is 12.0. The maximum Gasteiger partial charge on any atom is 0.250 e. The van der Waals surface area contributed by atoms with Crippen molar-refractivity contribution in [2.45, 2.75) is 23.5 Å². The van der Waals surface area contributed by atoms with Gasteiger partial charge in [-0.05, 0) is 49.4 Å². The van der Waals surface area contributed by atoms with Gasteiger partial charge in [0.1, 0.15) is 4.21 Å². The van der Waals surface area contributed by atoms with Crippen LogP contribution in [0.4, 0.5) is 0 Å². The molecular weight excluding hydrogens is 394 g/mol. The van der Waals surface area contributed by atoms with E-state index in [1.165, 1.54) is 11.6 Å². The average Bonchev–Trinajstić information content (AvgIpc) is 3.15. The Kier molecular flexibility index (Phi) is 7.61. The number of amides is 1. The summed E-state index contributed by atoms with van der Waals surface area (Å²) in [7, 11) is -3.60. The molecule has 152 valence electrons. The summed E-state index contributed by atoms with van der Waals surface area (Å²) in [6, 6.07) is 13.7. The van der Waals surface area contributed by atoms with Gasteiger partial charge in [-0.2, -0.15) is 0 Å². The molecule has 0 spiro atoms. The van der Waals surface area contributed by atoms with Crippen molar-refractivity contribution in [3.8, 4) is 0 Å². The first-order valence-electron chi connectivity index (χ1n) is 9.62. The van der Waals surface area contributed by atoms with Crippen LogP contribution >= 0.6 is 11.3 Å². The maximum absolute atomic E-state index is 12.5. The van der Waals surface area contributed by atoms with Crippen LogP contribution in [-0.4, -0.2) is 63.4 Å². The molecule has 0 saturated carbocycles. The minimum absolute atomic E-state index is 0.161. The molecule has 1 aliphatic rings. The van der Waals surface area contributed by atoms with E-state index in [1.807, 2.05) is 6.07 Å². The number of hydrogen-bond donors (Lipinski definition) is 1. The first kappa shape index (κ1) is 21.0. The quantitative estimate of drug-likeness (QED) is 0.709. The van der Waals surface area contributed by atoms with Crippen LogP contribution in [-0.2, 0) is 21.2 Å². The van der Waals surface area contributed by atoms with Gasteiger partial charge in [0.2, 0.25) is 5.91 Å². The number of carbonyl (C=O) groups excluding carboxylic acids is 1. The zero-order valence-electron chi connectivity index (χ0n) is 15.9. The topological polar surface area (TPSA) is 69.7 Å². The lowest BCUT2D eigenvalue weighted by Crippen LogP contribution is -2.41. The zero-order valence-corrected chi connectivity index (χ0v) is 17.6. The van der Waals surface area contributed by atoms with Gasteiger partial charge in [0.05, 0.1) is 6.54 Å². The van der Waals surface area contributed by atoms with Gasteiger partial charge < -0.3 is 9.80 Å². The molecule has 1 saturated heterocycles. The number of rotatable bonds is 8. The predicted octanol–water partition coefficient (Wildman–Crippen LogP) is 2.19. The Bertz CT molecular complexity index is 839. The summed E-state index contributed by atoms with van der Waals surface area (Å²) in [4.78, 5) is 16.6. The summed E-state index contributed by atoms with van der Waals surface area (Å²) < 4.78 is 27.0. The molecule has 1 fully saturated rings. The maximum atomic E-state index is 12.5. The first-order chi connectivity index (χ1) is 13.5. The van der Waals surface area contributed by atoms with Crippen molar-refractivity contribution in [3.63, 3.8) is 0 Å². The number of sulfonamides is 1. The van der Waals surface area contributed by atoms with Crippen molar-refractivity contribution in [3.05, 3.63) is 53.4 Å². The SMILES string of the molecule is O=C(CNS(=O)(=O)c1cccs1)N1CCCN(CCCc2ccccc2)CC1. The molecule has 0 radical (unpaired) electrons. The van der Waals surface area contributed by atoms with E-state index < -0.39 is 10.0 Å². The Morgan fingerprint density at radius 2 is 1.86 bits per heavy atom. The minimum atomic E-state index is -3.60. The van der Waals surface area contributed by atoms with Crippen molar-refractivity contribution < 1.29 is 13.2 Å². The third-order valence-electron chi connectivity index (χ3n) is 4.90. The van der Waals surface area contributed by atoms with E-state index in [-0.39, 0.29) is 16.7 Å². The summed E-state index contributed by atoms with van der Waals surface area (Å²) in [5.41, 5.74) is 1.35. The van der Waals surface area contributed by atoms with Gasteiger partial charge >= 0.3 is 0 Å². The zero-order chi connectivity index (χ0) is 19.8. The molecule has 0 bridgehead atoms. The van der Waals surface area contributed by atoms with E-state index in [2.05, 4.69) is 33.9 Å². The second kappa shape index (κ2) is 10.2. The number of carbonyl (C=O) groups is 1. The number of nitrogens with zero attached hydrogens (tertiary/aromatic N) is 2. The van der Waals surface area contributed by atoms with Gasteiger partial charge in [-0.1, -0.05) is 36.4 Å². The number of aryl methyl sites for hydroxylation is 1. The minimum Gasteiger partial charge on any atom is -0.340 e. The van der Waals surface area contributed by atoms with Gasteiger partial charge in [0.15, 0.2) is 0 Å². The third-order valence-corrected chi connectivity index (χ3v) is 7.70. The molecule has 1 aromatic carbocycles. The van der Waals surface area contributed by atoms with Gasteiger partial charge in [-0.15, -0.1) is 11.3 Å². The molecule has 0 unspecified atom stereocenters. The van der Waals surface area contributed by atoms with Gasteiger partial charge in [0.25, 0.3) is 10.0 Å². The summed E-state index contributed by atoms with van der Waals surface area (Å²) in [6.07, 6.45) is 3.07. The van der Waals surface area contributed by atoms with Crippen LogP contribution in [0.3, 0.4) is 0 Å². The van der Waals surface area contributed by atoms with Gasteiger partial charge in [-0.3, -0.25) is 4.79 Å². The summed E-state index contributed by atoms with van der Waals surface area (Å²) in [6.45, 7) is 3.95. The molecule has 2 aromatic rings. The monoisotopic (exact) mass is 421 g/mol. The molecule has 8 heteroatoms. The molecule has 0 atom stereocenters. The molecule has 1 amide bonds. The highest BCUT2D eigenvalue weighted by atomic mass is 32.2. The molecule has 1 aromatic heterocycles. The number of nitrogens with one attached hydrogen (secondary N) is 1. The summed E-state index contributed by atoms with van der Waals surface area (Å²) in [5, 5.41) is 1.71. The standard InChI is InChI=1S/C20H27N3O3S2/c24-19(17-21-28(25,26)20-10-5-16-27-20)23-13-6-12-22(14-15-23)11-4-9-18-7-2-1-3-8-18/h1-3,5,7-8,10,16,21H,4,6,9,11-15,17H2. The largest absolute Gasteiger partial charge is 0.340 e. The lowest BCUT2D eigenvalue weighted by Gasteiger charge is -2.22. The molecular formula is C20H27N3O3S2. The molecule has 1 aliphatic heterocycles. The van der Waals surface area contributed by atoms with Crippen LogP contribution in [0.15, 0.2) is 52.1 Å². The fourth-order valence-corrected chi connectivity index (χ4v) is 5.36. The fraction of sp³-hybridized carbons (Fsp3) is 0.450. The molecule has 28 heavy (non-hydrogen) atoms. The van der Waals surface area contributed by atoms with Gasteiger partial charge in [-0.25, -0.2) is 13.1 Å². The molecule has 2 heterocycles. The van der Waals surface area contributed by atoms with Crippen LogP contribution in [0.5, 0.6) is 0 Å². The van der Waals surface area contributed by atoms with E-state index in [0.717, 1.165) is 50.2 Å². The molecule has 0 aliphatic carbocycles. The average molecular weight is 422 g/mol. The molecule has 6 nitrogen and oxygen atoms in total. The molecule has 3 rings (SSSR count). The van der Waals surface area contributed by atoms with Crippen LogP contribution in [0.2, 0.25) is 0 Å². The van der Waals surface area contributed by atoms with E-state index >= 15 is 0 Å². The van der Waals surface area contributed by atoms with Crippen LogP contribution < -0.4 is 4.72 Å². The van der Waals surface area contributed by atoms with Crippen molar-refractivity contribution in [2.75, 3.05) is 39.3 Å². The predicted molar refractivity (Wildman–Crippen MR) is 112 cm³/mol. The van der Waals surface area contributed by atoms with Crippen molar-refractivity contribution in [2.24, 2.45) is 0 Å². The van der Waals surface area contributed by atoms with Crippen molar-refractivity contribution in [1.82, 2.24) is 14.5 Å². The van der Waals surface area contributed by atoms with Crippen LogP contribution in [0.1, 0.15) is 18.4 Å². The lowest BCUT2D eigenvalue weighted by atomic mass is 10.1. The van der Waals surface area contributed by atoms with E-state index in [9.17, 15) is 13.2 Å². The third kappa shape index (κ3) is 6.13. The summed E-state index contributed by atoms with van der Waals surface area (Å²) in [5.74, 6) is -0.161. The Balaban J connectivity index is 1.41. The number of thiophene rings is 1. The highest BCUT2D eigenvalue weighted by Gasteiger charge is 2.22. The Labute approximate surface area is 171 Å². The molecule has 1 N–H and O–H groups in total. The van der Waals surface area contributed by atoms with Crippen molar-refractivity contribution in [1.29, 1.82) is 0 Å². The second-order valence-electron chi connectivity index (χ2n) is 6.92. The Morgan fingerprint density at radius 1 is 1.04 bits per heavy atom. The van der Waals surface area contributed by atoms with Gasteiger partial charge in [0, 0.05) is 19.6 Å². The highest BCUT2D eigenvalue weighted by Crippen LogP contribution is 2.15. The highest BCUT2D eigenvalue weighted by molar-refractivity contribution is 7.91. The van der Waals surface area contributed by atoms with Crippen molar-refractivity contribution >= 4 is 27.3 Å². The smallest absolute Gasteiger partial charge is 0.250 e. The van der Waals surface area contributed by atoms with Crippen LogP contribution in [0.25, 0.3) is 0 Å². The lowest BCUT2D eigenvalue weighted by molar-refractivity contribution is -0.129. The Morgan fingerprint density at radius 3 is 2.61 bits per heavy atom. The van der Waals surface area contributed by atoms with E-state index in [0.29, 0.717) is 13.1 Å². The summed E-state index contributed by atoms with van der Waals surface area (Å²) >= 11 is 1.14.